The number of hydrogen-bond donors (Lipinski definition) is 0. The predicted molar refractivity (Wildman–Crippen MR) is 73.2 cm³/mol. The fourth-order valence-corrected chi connectivity index (χ4v) is 2.47. The molecule has 1 aliphatic heterocycles. The van der Waals surface area contributed by atoms with Crippen molar-refractivity contribution in [1.82, 2.24) is 9.97 Å². The van der Waals surface area contributed by atoms with Crippen LogP contribution < -0.4 is 0 Å². The van der Waals surface area contributed by atoms with E-state index in [1.54, 1.807) is 6.20 Å². The van der Waals surface area contributed by atoms with Crippen LogP contribution in [0.2, 0.25) is 0 Å². The molecule has 0 aliphatic carbocycles. The third-order valence-electron chi connectivity index (χ3n) is 3.69. The van der Waals surface area contributed by atoms with E-state index in [4.69, 9.17) is 4.74 Å². The zero-order valence-electron chi connectivity index (χ0n) is 11.8. The van der Waals surface area contributed by atoms with E-state index in [9.17, 15) is 4.79 Å². The summed E-state index contributed by atoms with van der Waals surface area (Å²) in [5, 5.41) is 0. The normalized spacial score (nSPS) is 15.8. The van der Waals surface area contributed by atoms with Gasteiger partial charge < -0.3 is 4.74 Å². The average Bonchev–Trinajstić information content (AvgIpc) is 2.44. The van der Waals surface area contributed by atoms with E-state index in [0.717, 1.165) is 24.4 Å². The summed E-state index contributed by atoms with van der Waals surface area (Å²) in [6.45, 7) is 4.82. The Labute approximate surface area is 114 Å². The first-order valence-electron chi connectivity index (χ1n) is 7.29. The topological polar surface area (TPSA) is 52.1 Å². The van der Waals surface area contributed by atoms with Crippen LogP contribution in [-0.2, 0) is 11.2 Å². The van der Waals surface area contributed by atoms with Crippen LogP contribution in [0.1, 0.15) is 73.7 Å². The Morgan fingerprint density at radius 2 is 2.21 bits per heavy atom. The molecule has 1 aromatic heterocycles. The molecule has 0 saturated heterocycles. The third kappa shape index (κ3) is 3.31. The zero-order chi connectivity index (χ0) is 13.7. The van der Waals surface area contributed by atoms with E-state index in [0.29, 0.717) is 24.5 Å². The first-order chi connectivity index (χ1) is 9.26. The monoisotopic (exact) mass is 262 g/mol. The number of hydrogen-bond acceptors (Lipinski definition) is 4. The molecular weight excluding hydrogens is 240 g/mol. The maximum atomic E-state index is 11.5. The minimum Gasteiger partial charge on any atom is -0.462 e. The van der Waals surface area contributed by atoms with Crippen molar-refractivity contribution in [3.8, 4) is 0 Å². The molecule has 0 aromatic carbocycles. The number of aromatic nitrogens is 2. The van der Waals surface area contributed by atoms with Crippen LogP contribution >= 0.6 is 0 Å². The van der Waals surface area contributed by atoms with Gasteiger partial charge in [0.25, 0.3) is 0 Å². The summed E-state index contributed by atoms with van der Waals surface area (Å²) in [4.78, 5) is 20.5. The van der Waals surface area contributed by atoms with Gasteiger partial charge in [-0.2, -0.15) is 0 Å². The molecule has 2 rings (SSSR count). The second-order valence-electron chi connectivity index (χ2n) is 5.08. The Hall–Kier alpha value is -1.45. The number of cyclic esters (lactones) is 1. The number of unbranched alkanes of at least 4 members (excludes halogenated alkanes) is 2. The highest BCUT2D eigenvalue weighted by atomic mass is 16.5. The molecule has 0 radical (unpaired) electrons. The Kier molecular flexibility index (Phi) is 4.88. The summed E-state index contributed by atoms with van der Waals surface area (Å²) in [6.07, 6.45) is 8.24. The Bertz CT molecular complexity index is 446. The molecule has 0 amide bonds. The van der Waals surface area contributed by atoms with Gasteiger partial charge in [-0.15, -0.1) is 0 Å². The molecule has 19 heavy (non-hydrogen) atoms. The van der Waals surface area contributed by atoms with Crippen molar-refractivity contribution >= 4 is 5.97 Å². The number of carbonyl (C=O) groups excluding carboxylic acids is 1. The van der Waals surface area contributed by atoms with Crippen LogP contribution in [0.15, 0.2) is 6.20 Å². The van der Waals surface area contributed by atoms with Gasteiger partial charge in [0, 0.05) is 18.5 Å². The van der Waals surface area contributed by atoms with Gasteiger partial charge in [-0.05, 0) is 12.8 Å². The van der Waals surface area contributed by atoms with Gasteiger partial charge in [-0.3, -0.25) is 0 Å². The number of nitrogens with zero attached hydrogens (tertiary/aromatic N) is 2. The maximum Gasteiger partial charge on any atom is 0.341 e. The van der Waals surface area contributed by atoms with Crippen molar-refractivity contribution in [2.75, 3.05) is 6.61 Å². The molecule has 1 unspecified atom stereocenters. The predicted octanol–water partition coefficient (Wildman–Crippen LogP) is 3.26. The van der Waals surface area contributed by atoms with Crippen LogP contribution in [0.3, 0.4) is 0 Å². The van der Waals surface area contributed by atoms with E-state index >= 15 is 0 Å². The van der Waals surface area contributed by atoms with Gasteiger partial charge in [0.2, 0.25) is 0 Å². The second-order valence-corrected chi connectivity index (χ2v) is 5.08. The zero-order valence-corrected chi connectivity index (χ0v) is 11.8. The SMILES string of the molecule is CCCCCC(CC)c1ncc2c(n1)CCOC2=O. The summed E-state index contributed by atoms with van der Waals surface area (Å²) in [5.41, 5.74) is 1.40. The van der Waals surface area contributed by atoms with Crippen molar-refractivity contribution in [2.45, 2.75) is 58.3 Å². The molecule has 0 spiro atoms. The number of fused-ring (bicyclic) bond motifs is 1. The van der Waals surface area contributed by atoms with Crippen LogP contribution in [0, 0.1) is 0 Å². The van der Waals surface area contributed by atoms with Gasteiger partial charge in [0.05, 0.1) is 17.9 Å². The van der Waals surface area contributed by atoms with E-state index in [-0.39, 0.29) is 5.97 Å². The maximum absolute atomic E-state index is 11.5. The van der Waals surface area contributed by atoms with E-state index in [1.807, 2.05) is 0 Å². The summed E-state index contributed by atoms with van der Waals surface area (Å²) in [6, 6.07) is 0. The molecule has 1 aliphatic rings. The van der Waals surface area contributed by atoms with Gasteiger partial charge in [0.15, 0.2) is 0 Å². The average molecular weight is 262 g/mol. The van der Waals surface area contributed by atoms with Gasteiger partial charge in [0.1, 0.15) is 5.82 Å². The highest BCUT2D eigenvalue weighted by molar-refractivity contribution is 5.91. The second kappa shape index (κ2) is 6.64. The number of ether oxygens (including phenoxy) is 1. The molecule has 0 fully saturated rings. The standard InChI is InChI=1S/C15H22N2O2/c1-3-5-6-7-11(4-2)14-16-10-12-13(17-14)8-9-19-15(12)18/h10-11H,3-9H2,1-2H3. The first kappa shape index (κ1) is 14.0. The number of carbonyl (C=O) groups is 1. The lowest BCUT2D eigenvalue weighted by atomic mass is 9.97. The summed E-state index contributed by atoms with van der Waals surface area (Å²) >= 11 is 0. The first-order valence-corrected chi connectivity index (χ1v) is 7.29. The molecule has 1 aromatic rings. The van der Waals surface area contributed by atoms with Crippen molar-refractivity contribution < 1.29 is 9.53 Å². The summed E-state index contributed by atoms with van der Waals surface area (Å²) in [5.74, 6) is 1.02. The van der Waals surface area contributed by atoms with Crippen molar-refractivity contribution in [2.24, 2.45) is 0 Å². The van der Waals surface area contributed by atoms with Crippen LogP contribution in [0.25, 0.3) is 0 Å². The van der Waals surface area contributed by atoms with E-state index in [2.05, 4.69) is 23.8 Å². The Morgan fingerprint density at radius 3 is 2.95 bits per heavy atom. The highest BCUT2D eigenvalue weighted by Gasteiger charge is 2.22. The van der Waals surface area contributed by atoms with Crippen molar-refractivity contribution in [1.29, 1.82) is 0 Å². The van der Waals surface area contributed by atoms with Crippen LogP contribution in [-0.4, -0.2) is 22.5 Å². The molecule has 4 nitrogen and oxygen atoms in total. The smallest absolute Gasteiger partial charge is 0.341 e. The Balaban J connectivity index is 2.13. The van der Waals surface area contributed by atoms with Crippen molar-refractivity contribution in [3.05, 3.63) is 23.3 Å². The molecule has 1 atom stereocenters. The summed E-state index contributed by atoms with van der Waals surface area (Å²) < 4.78 is 4.99. The molecule has 0 bridgehead atoms. The lowest BCUT2D eigenvalue weighted by molar-refractivity contribution is 0.0476. The minimum atomic E-state index is -0.285. The van der Waals surface area contributed by atoms with Gasteiger partial charge >= 0.3 is 5.97 Å². The molecule has 104 valence electrons. The van der Waals surface area contributed by atoms with Crippen molar-refractivity contribution in [3.63, 3.8) is 0 Å². The lowest BCUT2D eigenvalue weighted by Gasteiger charge is -2.18. The fraction of sp³-hybridized carbons (Fsp3) is 0.667. The minimum absolute atomic E-state index is 0.285. The quantitative estimate of drug-likeness (QED) is 0.583. The number of esters is 1. The summed E-state index contributed by atoms with van der Waals surface area (Å²) in [7, 11) is 0. The Morgan fingerprint density at radius 1 is 1.37 bits per heavy atom. The molecule has 0 N–H and O–H groups in total. The third-order valence-corrected chi connectivity index (χ3v) is 3.69. The highest BCUT2D eigenvalue weighted by Crippen LogP contribution is 2.24. The largest absolute Gasteiger partial charge is 0.462 e. The van der Waals surface area contributed by atoms with Gasteiger partial charge in [-0.25, -0.2) is 14.8 Å². The molecule has 2 heterocycles. The molecule has 4 heteroatoms. The van der Waals surface area contributed by atoms with Crippen LogP contribution in [0.4, 0.5) is 0 Å². The van der Waals surface area contributed by atoms with E-state index in [1.165, 1.54) is 19.3 Å². The molecular formula is C15H22N2O2. The fourth-order valence-electron chi connectivity index (χ4n) is 2.47. The number of rotatable bonds is 6. The van der Waals surface area contributed by atoms with Gasteiger partial charge in [-0.1, -0.05) is 33.1 Å². The van der Waals surface area contributed by atoms with E-state index < -0.39 is 0 Å². The van der Waals surface area contributed by atoms with Crippen LogP contribution in [0.5, 0.6) is 0 Å². The molecule has 0 saturated carbocycles. The lowest BCUT2D eigenvalue weighted by Crippen LogP contribution is -2.21.